The predicted molar refractivity (Wildman–Crippen MR) is 98.1 cm³/mol. The summed E-state index contributed by atoms with van der Waals surface area (Å²) in [6.45, 7) is 15.6. The first-order chi connectivity index (χ1) is 11.7. The van der Waals surface area contributed by atoms with Crippen molar-refractivity contribution in [2.24, 2.45) is 0 Å². The Labute approximate surface area is 152 Å². The van der Waals surface area contributed by atoms with E-state index in [4.69, 9.17) is 13.8 Å². The van der Waals surface area contributed by atoms with Crippen LogP contribution in [0.25, 0.3) is 0 Å². The maximum absolute atomic E-state index is 11.8. The van der Waals surface area contributed by atoms with Gasteiger partial charge in [-0.2, -0.15) is 0 Å². The fourth-order valence-corrected chi connectivity index (χ4v) is 3.13. The quantitative estimate of drug-likeness (QED) is 0.154. The molecule has 0 radical (unpaired) electrons. The summed E-state index contributed by atoms with van der Waals surface area (Å²) in [7, 11) is -4.00. The number of phosphoric ester groups is 1. The molecule has 0 bridgehead atoms. The molecule has 8 heteroatoms. The summed E-state index contributed by atoms with van der Waals surface area (Å²) in [5.74, 6) is -0.398. The summed E-state index contributed by atoms with van der Waals surface area (Å²) in [6, 6.07) is 0. The summed E-state index contributed by atoms with van der Waals surface area (Å²) in [6.07, 6.45) is 1.99. The molecule has 0 amide bonds. The molecule has 0 aromatic rings. The molecular formula is C17H35NO6P+. The van der Waals surface area contributed by atoms with Gasteiger partial charge >= 0.3 is 13.8 Å². The molecule has 0 heterocycles. The van der Waals surface area contributed by atoms with E-state index in [2.05, 4.69) is 27.4 Å². The molecule has 0 aliphatic carbocycles. The highest BCUT2D eigenvalue weighted by molar-refractivity contribution is 7.47. The van der Waals surface area contributed by atoms with Crippen LogP contribution < -0.4 is 0 Å². The normalized spacial score (nSPS) is 14.1. The van der Waals surface area contributed by atoms with E-state index in [1.165, 1.54) is 0 Å². The number of likely N-dealkylation sites (N-methyl/N-ethyl adjacent to an activating group) is 1. The van der Waals surface area contributed by atoms with Crippen LogP contribution in [0.2, 0.25) is 0 Å². The second kappa shape index (κ2) is 12.6. The third-order valence-electron chi connectivity index (χ3n) is 4.46. The number of rotatable bonds is 15. The third kappa shape index (κ3) is 10.8. The molecule has 7 nitrogen and oxygen atoms in total. The Morgan fingerprint density at radius 2 is 1.52 bits per heavy atom. The standard InChI is InChI=1S/C17H34NO6P/c1-6-18(7-2,8-3)12-15-24-25(20,21)23-14-11-9-10-13-22-17(19)16(4)5/h4,6-15H2,1-3,5H3/p+1. The lowest BCUT2D eigenvalue weighted by molar-refractivity contribution is -0.923. The minimum atomic E-state index is -4.00. The molecule has 0 rings (SSSR count). The molecule has 148 valence electrons. The van der Waals surface area contributed by atoms with Gasteiger partial charge in [0.05, 0.1) is 32.8 Å². The third-order valence-corrected chi connectivity index (χ3v) is 5.47. The number of phosphoric acid groups is 1. The van der Waals surface area contributed by atoms with Gasteiger partial charge in [0.25, 0.3) is 0 Å². The number of unbranched alkanes of at least 4 members (excludes halogenated alkanes) is 2. The van der Waals surface area contributed by atoms with Gasteiger partial charge in [-0.15, -0.1) is 0 Å². The van der Waals surface area contributed by atoms with Crippen LogP contribution in [0.4, 0.5) is 0 Å². The highest BCUT2D eigenvalue weighted by Gasteiger charge is 2.25. The Hall–Kier alpha value is -0.720. The van der Waals surface area contributed by atoms with Crippen LogP contribution in [0.5, 0.6) is 0 Å². The van der Waals surface area contributed by atoms with Gasteiger partial charge in [0.2, 0.25) is 0 Å². The van der Waals surface area contributed by atoms with Crippen LogP contribution in [0, 0.1) is 0 Å². The van der Waals surface area contributed by atoms with Crippen molar-refractivity contribution in [1.82, 2.24) is 0 Å². The fourth-order valence-electron chi connectivity index (χ4n) is 2.38. The largest absolute Gasteiger partial charge is 0.472 e. The molecule has 1 atom stereocenters. The zero-order valence-electron chi connectivity index (χ0n) is 16.2. The van der Waals surface area contributed by atoms with E-state index in [0.717, 1.165) is 30.5 Å². The number of hydrogen-bond acceptors (Lipinski definition) is 5. The van der Waals surface area contributed by atoms with Crippen molar-refractivity contribution in [3.05, 3.63) is 12.2 Å². The molecule has 0 aromatic carbocycles. The van der Waals surface area contributed by atoms with Gasteiger partial charge in [0.15, 0.2) is 0 Å². The minimum absolute atomic E-state index is 0.136. The molecular weight excluding hydrogens is 345 g/mol. The molecule has 0 saturated heterocycles. The first kappa shape index (κ1) is 24.3. The van der Waals surface area contributed by atoms with Crippen molar-refractivity contribution in [2.75, 3.05) is 46.0 Å². The van der Waals surface area contributed by atoms with Crippen LogP contribution in [0.15, 0.2) is 12.2 Å². The van der Waals surface area contributed by atoms with Crippen LogP contribution in [-0.4, -0.2) is 61.3 Å². The topological polar surface area (TPSA) is 82.1 Å². The first-order valence-electron chi connectivity index (χ1n) is 9.01. The maximum Gasteiger partial charge on any atom is 0.472 e. The minimum Gasteiger partial charge on any atom is -0.462 e. The number of hydrogen-bond donors (Lipinski definition) is 1. The van der Waals surface area contributed by atoms with Crippen LogP contribution in [-0.2, 0) is 23.1 Å². The van der Waals surface area contributed by atoms with Crippen LogP contribution in [0.3, 0.4) is 0 Å². The Morgan fingerprint density at radius 3 is 2.04 bits per heavy atom. The van der Waals surface area contributed by atoms with E-state index in [0.29, 0.717) is 31.6 Å². The van der Waals surface area contributed by atoms with Crippen molar-refractivity contribution in [1.29, 1.82) is 0 Å². The van der Waals surface area contributed by atoms with Crippen molar-refractivity contribution in [3.63, 3.8) is 0 Å². The second-order valence-corrected chi connectivity index (χ2v) is 7.58. The van der Waals surface area contributed by atoms with Gasteiger partial charge < -0.3 is 14.1 Å². The Bertz CT molecular complexity index is 442. The number of carbonyl (C=O) groups is 1. The molecule has 25 heavy (non-hydrogen) atoms. The molecule has 1 unspecified atom stereocenters. The predicted octanol–water partition coefficient (Wildman–Crippen LogP) is 3.29. The highest BCUT2D eigenvalue weighted by atomic mass is 31.2. The average molecular weight is 380 g/mol. The van der Waals surface area contributed by atoms with E-state index in [1.807, 2.05) is 0 Å². The average Bonchev–Trinajstić information content (AvgIpc) is 2.57. The maximum atomic E-state index is 11.8. The lowest BCUT2D eigenvalue weighted by atomic mass is 10.2. The highest BCUT2D eigenvalue weighted by Crippen LogP contribution is 2.43. The van der Waals surface area contributed by atoms with Gasteiger partial charge in [0.1, 0.15) is 13.2 Å². The number of ether oxygens (including phenoxy) is 1. The number of esters is 1. The van der Waals surface area contributed by atoms with E-state index < -0.39 is 13.8 Å². The van der Waals surface area contributed by atoms with Gasteiger partial charge in [-0.1, -0.05) is 6.58 Å². The van der Waals surface area contributed by atoms with Crippen LogP contribution in [0.1, 0.15) is 47.0 Å². The Balaban J connectivity index is 3.86. The van der Waals surface area contributed by atoms with Crippen molar-refractivity contribution >= 4 is 13.8 Å². The van der Waals surface area contributed by atoms with E-state index in [1.54, 1.807) is 6.92 Å². The summed E-state index contributed by atoms with van der Waals surface area (Å²) in [5.41, 5.74) is 0.374. The summed E-state index contributed by atoms with van der Waals surface area (Å²) in [4.78, 5) is 20.9. The van der Waals surface area contributed by atoms with Gasteiger partial charge in [0, 0.05) is 5.57 Å². The first-order valence-corrected chi connectivity index (χ1v) is 10.5. The zero-order valence-corrected chi connectivity index (χ0v) is 17.1. The fraction of sp³-hybridized carbons (Fsp3) is 0.824. The smallest absolute Gasteiger partial charge is 0.462 e. The molecule has 0 aliphatic rings. The number of nitrogens with zero attached hydrogens (tertiary/aromatic N) is 1. The molecule has 0 aliphatic heterocycles. The van der Waals surface area contributed by atoms with E-state index in [9.17, 15) is 14.3 Å². The molecule has 1 N–H and O–H groups in total. The number of quaternary nitrogens is 1. The Morgan fingerprint density at radius 1 is 1.00 bits per heavy atom. The van der Waals surface area contributed by atoms with Crippen LogP contribution >= 0.6 is 7.82 Å². The van der Waals surface area contributed by atoms with Crippen molar-refractivity contribution < 1.29 is 32.5 Å². The zero-order chi connectivity index (χ0) is 19.3. The SMILES string of the molecule is C=C(C)C(=O)OCCCCCOP(=O)(O)OCC[N+](CC)(CC)CC. The van der Waals surface area contributed by atoms with Crippen molar-refractivity contribution in [2.45, 2.75) is 47.0 Å². The van der Waals surface area contributed by atoms with Gasteiger partial charge in [-0.25, -0.2) is 9.36 Å². The molecule has 0 saturated carbocycles. The summed E-state index contributed by atoms with van der Waals surface area (Å²) >= 11 is 0. The Kier molecular flexibility index (Phi) is 12.2. The molecule has 0 aromatic heterocycles. The summed E-state index contributed by atoms with van der Waals surface area (Å²) < 4.78 is 27.7. The monoisotopic (exact) mass is 380 g/mol. The molecule has 0 fully saturated rings. The van der Waals surface area contributed by atoms with E-state index >= 15 is 0 Å². The lowest BCUT2D eigenvalue weighted by Crippen LogP contribution is -2.49. The summed E-state index contributed by atoms with van der Waals surface area (Å²) in [5, 5.41) is 0. The lowest BCUT2D eigenvalue weighted by Gasteiger charge is -2.35. The van der Waals surface area contributed by atoms with Crippen molar-refractivity contribution in [3.8, 4) is 0 Å². The van der Waals surface area contributed by atoms with E-state index in [-0.39, 0.29) is 13.2 Å². The molecule has 0 spiro atoms. The second-order valence-electron chi connectivity index (χ2n) is 6.13. The van der Waals surface area contributed by atoms with Gasteiger partial charge in [-0.3, -0.25) is 9.05 Å². The van der Waals surface area contributed by atoms with Gasteiger partial charge in [-0.05, 0) is 47.0 Å². The number of carbonyl (C=O) groups excluding carboxylic acids is 1.